The van der Waals surface area contributed by atoms with Crippen molar-refractivity contribution in [2.45, 2.75) is 59.3 Å². The molecule has 1 unspecified atom stereocenters. The van der Waals surface area contributed by atoms with Gasteiger partial charge in [0.15, 0.2) is 0 Å². The van der Waals surface area contributed by atoms with Crippen LogP contribution in [0.1, 0.15) is 59.2 Å². The van der Waals surface area contributed by atoms with Crippen LogP contribution in [0.25, 0.3) is 22.6 Å². The molecule has 6 rings (SSSR count). The molecule has 228 valence electrons. The molecule has 0 fully saturated rings. The summed E-state index contributed by atoms with van der Waals surface area (Å²) in [5.41, 5.74) is 4.75. The second-order valence-electron chi connectivity index (χ2n) is 11.7. The average Bonchev–Trinajstić information content (AvgIpc) is 3.58. The van der Waals surface area contributed by atoms with Crippen molar-refractivity contribution in [2.75, 3.05) is 0 Å². The first-order chi connectivity index (χ1) is 20.8. The summed E-state index contributed by atoms with van der Waals surface area (Å²) in [4.78, 5) is 36.9. The molecule has 44 heavy (non-hydrogen) atoms. The van der Waals surface area contributed by atoms with Crippen molar-refractivity contribution in [1.82, 2.24) is 29.0 Å². The van der Waals surface area contributed by atoms with Crippen LogP contribution >= 0.6 is 15.9 Å². The molecule has 1 amide bonds. The van der Waals surface area contributed by atoms with Crippen molar-refractivity contribution in [3.05, 3.63) is 103 Å². The topological polar surface area (TPSA) is 88.3 Å². The number of halogens is 4. The summed E-state index contributed by atoms with van der Waals surface area (Å²) < 4.78 is 44.1. The molecule has 0 bridgehead atoms. The number of imidazole rings is 1. The van der Waals surface area contributed by atoms with Gasteiger partial charge in [-0.05, 0) is 68.5 Å². The van der Waals surface area contributed by atoms with Crippen LogP contribution in [-0.2, 0) is 25.6 Å². The molecule has 0 saturated heterocycles. The number of nitrogens with zero attached hydrogens (tertiary/aromatic N) is 5. The minimum Gasteiger partial charge on any atom is -0.344 e. The molecule has 4 heterocycles. The summed E-state index contributed by atoms with van der Waals surface area (Å²) in [6.45, 7) is 7.92. The third-order valence-electron chi connectivity index (χ3n) is 8.10. The van der Waals surface area contributed by atoms with Gasteiger partial charge in [-0.3, -0.25) is 14.2 Å². The van der Waals surface area contributed by atoms with Gasteiger partial charge in [-0.15, -0.1) is 0 Å². The lowest BCUT2D eigenvalue weighted by Gasteiger charge is -2.35. The SMILES string of the molecule is Cc1nc[nH]c1-c1ccc(-n2c(=O)c3c(n4ncc(CC(C)C)c24)CN(C(=O)c2ccc(Br)c(C(F)(F)F)c2)C(C)C3)cc1. The van der Waals surface area contributed by atoms with E-state index in [1.54, 1.807) is 28.5 Å². The number of hydrogen-bond donors (Lipinski definition) is 1. The van der Waals surface area contributed by atoms with Crippen LogP contribution in [0.4, 0.5) is 13.2 Å². The number of benzene rings is 2. The first-order valence-corrected chi connectivity index (χ1v) is 15.1. The van der Waals surface area contributed by atoms with Crippen molar-refractivity contribution in [2.24, 2.45) is 5.92 Å². The Bertz CT molecular complexity index is 1960. The van der Waals surface area contributed by atoms with Gasteiger partial charge in [-0.25, -0.2) is 9.50 Å². The van der Waals surface area contributed by atoms with E-state index in [9.17, 15) is 22.8 Å². The molecule has 0 spiro atoms. The van der Waals surface area contributed by atoms with E-state index in [0.29, 0.717) is 29.0 Å². The summed E-state index contributed by atoms with van der Waals surface area (Å²) in [6, 6.07) is 10.7. The van der Waals surface area contributed by atoms with Gasteiger partial charge in [0.25, 0.3) is 11.5 Å². The number of aromatic amines is 1. The summed E-state index contributed by atoms with van der Waals surface area (Å²) in [7, 11) is 0. The fraction of sp³-hybridized carbons (Fsp3) is 0.312. The van der Waals surface area contributed by atoms with Crippen molar-refractivity contribution >= 4 is 27.5 Å². The Hall–Kier alpha value is -4.19. The molecule has 0 aliphatic carbocycles. The molecule has 12 heteroatoms. The zero-order valence-electron chi connectivity index (χ0n) is 24.5. The van der Waals surface area contributed by atoms with Crippen molar-refractivity contribution < 1.29 is 18.0 Å². The smallest absolute Gasteiger partial charge is 0.344 e. The number of aromatic nitrogens is 5. The minimum absolute atomic E-state index is 0.0279. The van der Waals surface area contributed by atoms with E-state index in [2.05, 4.69) is 44.8 Å². The second-order valence-corrected chi connectivity index (χ2v) is 12.5. The molecule has 1 aliphatic rings. The largest absolute Gasteiger partial charge is 0.417 e. The monoisotopic (exact) mass is 666 g/mol. The van der Waals surface area contributed by atoms with Crippen molar-refractivity contribution in [3.8, 4) is 16.9 Å². The predicted molar refractivity (Wildman–Crippen MR) is 164 cm³/mol. The summed E-state index contributed by atoms with van der Waals surface area (Å²) >= 11 is 2.94. The fourth-order valence-electron chi connectivity index (χ4n) is 5.95. The van der Waals surface area contributed by atoms with Gasteiger partial charge in [-0.1, -0.05) is 41.9 Å². The average molecular weight is 668 g/mol. The van der Waals surface area contributed by atoms with Gasteiger partial charge < -0.3 is 9.88 Å². The maximum absolute atomic E-state index is 14.3. The minimum atomic E-state index is -4.62. The highest BCUT2D eigenvalue weighted by Crippen LogP contribution is 2.36. The Balaban J connectivity index is 1.46. The number of carbonyl (C=O) groups is 1. The first-order valence-electron chi connectivity index (χ1n) is 14.3. The van der Waals surface area contributed by atoms with Crippen LogP contribution in [-0.4, -0.2) is 41.0 Å². The van der Waals surface area contributed by atoms with Gasteiger partial charge >= 0.3 is 6.18 Å². The van der Waals surface area contributed by atoms with E-state index in [1.165, 1.54) is 17.0 Å². The third-order valence-corrected chi connectivity index (χ3v) is 8.79. The van der Waals surface area contributed by atoms with E-state index >= 15 is 0 Å². The molecular weight excluding hydrogens is 637 g/mol. The van der Waals surface area contributed by atoms with E-state index in [1.807, 2.05) is 31.2 Å². The van der Waals surface area contributed by atoms with Gasteiger partial charge in [0.1, 0.15) is 5.65 Å². The zero-order chi connectivity index (χ0) is 31.5. The Morgan fingerprint density at radius 3 is 2.52 bits per heavy atom. The van der Waals surface area contributed by atoms with Crippen LogP contribution in [0.5, 0.6) is 0 Å². The molecule has 2 aromatic carbocycles. The molecule has 3 aromatic heterocycles. The lowest BCUT2D eigenvalue weighted by molar-refractivity contribution is -0.138. The number of alkyl halides is 3. The number of aryl methyl sites for hydroxylation is 1. The summed E-state index contributed by atoms with van der Waals surface area (Å²) in [5.74, 6) is -0.260. The summed E-state index contributed by atoms with van der Waals surface area (Å²) in [6.07, 6.45) is -0.331. The predicted octanol–water partition coefficient (Wildman–Crippen LogP) is 6.75. The second kappa shape index (κ2) is 11.1. The zero-order valence-corrected chi connectivity index (χ0v) is 26.1. The van der Waals surface area contributed by atoms with E-state index in [-0.39, 0.29) is 34.5 Å². The van der Waals surface area contributed by atoms with Crippen LogP contribution in [0.3, 0.4) is 0 Å². The molecule has 5 aromatic rings. The van der Waals surface area contributed by atoms with Gasteiger partial charge in [0, 0.05) is 27.2 Å². The van der Waals surface area contributed by atoms with Crippen molar-refractivity contribution in [3.63, 3.8) is 0 Å². The van der Waals surface area contributed by atoms with Gasteiger partial charge in [-0.2, -0.15) is 18.3 Å². The number of carbonyl (C=O) groups excluding carboxylic acids is 1. The number of hydrogen-bond acceptors (Lipinski definition) is 4. The Kier molecular flexibility index (Phi) is 7.51. The van der Waals surface area contributed by atoms with Gasteiger partial charge in [0.05, 0.1) is 47.4 Å². The molecule has 0 saturated carbocycles. The van der Waals surface area contributed by atoms with Crippen LogP contribution < -0.4 is 5.56 Å². The van der Waals surface area contributed by atoms with Crippen LogP contribution in [0.15, 0.2) is 64.3 Å². The highest BCUT2D eigenvalue weighted by molar-refractivity contribution is 9.10. The number of nitrogens with one attached hydrogen (secondary N) is 1. The molecule has 1 N–H and O–H groups in total. The van der Waals surface area contributed by atoms with E-state index < -0.39 is 23.7 Å². The highest BCUT2D eigenvalue weighted by atomic mass is 79.9. The quantitative estimate of drug-likeness (QED) is 0.225. The molecule has 1 aliphatic heterocycles. The third kappa shape index (κ3) is 5.14. The molecule has 0 radical (unpaired) electrons. The van der Waals surface area contributed by atoms with E-state index in [4.69, 9.17) is 0 Å². The number of amides is 1. The lowest BCUT2D eigenvalue weighted by atomic mass is 9.97. The fourth-order valence-corrected chi connectivity index (χ4v) is 6.42. The number of fused-ring (bicyclic) bond motifs is 3. The molecule has 1 atom stereocenters. The Morgan fingerprint density at radius 1 is 1.16 bits per heavy atom. The Labute approximate surface area is 259 Å². The Morgan fingerprint density at radius 2 is 1.89 bits per heavy atom. The maximum atomic E-state index is 14.3. The first kappa shape index (κ1) is 29.9. The number of H-pyrrole nitrogens is 1. The number of rotatable bonds is 5. The van der Waals surface area contributed by atoms with Gasteiger partial charge in [0.2, 0.25) is 0 Å². The molecule has 8 nitrogen and oxygen atoms in total. The normalized spacial score (nSPS) is 15.3. The summed E-state index contributed by atoms with van der Waals surface area (Å²) in [5, 5.41) is 4.68. The lowest BCUT2D eigenvalue weighted by Crippen LogP contribution is -2.46. The maximum Gasteiger partial charge on any atom is 0.417 e. The highest BCUT2D eigenvalue weighted by Gasteiger charge is 2.36. The standard InChI is InChI=1S/C32H30BrF3N6O2/c1-17(2)11-22-14-39-42-27-15-40(30(43)21-7-10-26(33)25(13-21)32(34,35)36)18(3)12-24(27)31(44)41(29(22)42)23-8-5-20(6-9-23)28-19(4)37-16-38-28/h5-10,13-14,16-18H,11-12,15H2,1-4H3,(H,37,38). The molecular formula is C32H30BrF3N6O2. The van der Waals surface area contributed by atoms with Crippen LogP contribution in [0.2, 0.25) is 0 Å². The van der Waals surface area contributed by atoms with Crippen molar-refractivity contribution in [1.29, 1.82) is 0 Å². The van der Waals surface area contributed by atoms with Crippen LogP contribution in [0, 0.1) is 12.8 Å². The van der Waals surface area contributed by atoms with E-state index in [0.717, 1.165) is 28.6 Å².